The van der Waals surface area contributed by atoms with E-state index in [-0.39, 0.29) is 5.75 Å². The molecule has 0 spiro atoms. The summed E-state index contributed by atoms with van der Waals surface area (Å²) in [4.78, 5) is 0. The highest BCUT2D eigenvalue weighted by Crippen LogP contribution is 2.46. The predicted octanol–water partition coefficient (Wildman–Crippen LogP) is 8.38. The van der Waals surface area contributed by atoms with Crippen molar-refractivity contribution in [3.63, 3.8) is 0 Å². The van der Waals surface area contributed by atoms with Gasteiger partial charge in [-0.15, -0.1) is 6.58 Å². The molecule has 28 heavy (non-hydrogen) atoms. The van der Waals surface area contributed by atoms with Crippen LogP contribution in [0.2, 0.25) is 5.02 Å². The Balaban J connectivity index is 1.50. The average molecular weight is 411 g/mol. The van der Waals surface area contributed by atoms with Crippen LogP contribution in [0.1, 0.15) is 82.1 Å². The van der Waals surface area contributed by atoms with E-state index in [1.54, 1.807) is 6.07 Å². The number of alkyl halides is 2. The Bertz CT molecular complexity index is 617. The monoisotopic (exact) mass is 410 g/mol. The van der Waals surface area contributed by atoms with E-state index in [0.717, 1.165) is 42.6 Å². The van der Waals surface area contributed by atoms with Crippen LogP contribution in [0, 0.1) is 17.8 Å². The van der Waals surface area contributed by atoms with E-state index in [4.69, 9.17) is 16.3 Å². The number of allylic oxidation sites excluding steroid dienone is 1. The summed E-state index contributed by atoms with van der Waals surface area (Å²) in [6.45, 7) is 1.01. The lowest BCUT2D eigenvalue weighted by molar-refractivity contribution is -0.0507. The van der Waals surface area contributed by atoms with Gasteiger partial charge in [-0.2, -0.15) is 8.78 Å². The molecule has 0 unspecified atom stereocenters. The van der Waals surface area contributed by atoms with Crippen molar-refractivity contribution in [3.05, 3.63) is 41.4 Å². The molecule has 0 radical (unpaired) electrons. The number of rotatable bonds is 8. The van der Waals surface area contributed by atoms with Gasteiger partial charge < -0.3 is 4.74 Å². The molecule has 1 nitrogen and oxygen atoms in total. The number of ether oxygens (including phenoxy) is 1. The lowest BCUT2D eigenvalue weighted by Crippen LogP contribution is -2.25. The number of hydrogen-bond donors (Lipinski definition) is 0. The minimum absolute atomic E-state index is 0.256. The summed E-state index contributed by atoms with van der Waals surface area (Å²) in [6, 6.07) is 5.19. The summed E-state index contributed by atoms with van der Waals surface area (Å²) < 4.78 is 30.3. The van der Waals surface area contributed by atoms with Crippen LogP contribution < -0.4 is 4.74 Å². The molecule has 1 aromatic rings. The zero-order valence-electron chi connectivity index (χ0n) is 16.7. The molecule has 0 heterocycles. The van der Waals surface area contributed by atoms with E-state index >= 15 is 0 Å². The van der Waals surface area contributed by atoms with Gasteiger partial charge in [0.15, 0.2) is 0 Å². The lowest BCUT2D eigenvalue weighted by Gasteiger charge is -2.38. The van der Waals surface area contributed by atoms with Crippen molar-refractivity contribution >= 4 is 11.6 Å². The topological polar surface area (TPSA) is 9.23 Å². The van der Waals surface area contributed by atoms with Gasteiger partial charge in [0.1, 0.15) is 5.75 Å². The SMILES string of the molecule is C=CCCCC1CCC(C2CCC(c3ccc(Cl)cc3OC(F)F)CC2)CC1. The summed E-state index contributed by atoms with van der Waals surface area (Å²) in [5, 5.41) is 0.443. The molecular formula is C24H33ClF2O. The van der Waals surface area contributed by atoms with Crippen molar-refractivity contribution in [1.29, 1.82) is 0 Å². The minimum atomic E-state index is -2.81. The second-order valence-corrected chi connectivity index (χ2v) is 9.11. The van der Waals surface area contributed by atoms with E-state index in [9.17, 15) is 8.78 Å². The van der Waals surface area contributed by atoms with Gasteiger partial charge in [0.25, 0.3) is 0 Å². The number of hydrogen-bond acceptors (Lipinski definition) is 1. The molecule has 3 rings (SSSR count). The first kappa shape index (κ1) is 21.6. The van der Waals surface area contributed by atoms with Crippen LogP contribution in [0.4, 0.5) is 8.78 Å². The highest BCUT2D eigenvalue weighted by Gasteiger charge is 2.32. The molecule has 2 aliphatic rings. The third-order valence-electron chi connectivity index (χ3n) is 6.98. The Morgan fingerprint density at radius 3 is 2.29 bits per heavy atom. The van der Waals surface area contributed by atoms with Crippen LogP contribution in [0.5, 0.6) is 5.75 Å². The zero-order valence-corrected chi connectivity index (χ0v) is 17.5. The van der Waals surface area contributed by atoms with Crippen molar-refractivity contribution in [2.45, 2.75) is 83.2 Å². The molecule has 0 N–H and O–H groups in total. The summed E-state index contributed by atoms with van der Waals surface area (Å²) in [5.41, 5.74) is 0.897. The van der Waals surface area contributed by atoms with Crippen LogP contribution >= 0.6 is 11.6 Å². The third-order valence-corrected chi connectivity index (χ3v) is 7.22. The predicted molar refractivity (Wildman–Crippen MR) is 112 cm³/mol. The number of halogens is 3. The number of benzene rings is 1. The first-order valence-corrected chi connectivity index (χ1v) is 11.3. The summed E-state index contributed by atoms with van der Waals surface area (Å²) in [5.74, 6) is 3.13. The van der Waals surface area contributed by atoms with Gasteiger partial charge in [-0.3, -0.25) is 0 Å². The first-order chi connectivity index (χ1) is 13.6. The van der Waals surface area contributed by atoms with E-state index in [0.29, 0.717) is 10.9 Å². The quantitative estimate of drug-likeness (QED) is 0.309. The highest BCUT2D eigenvalue weighted by atomic mass is 35.5. The van der Waals surface area contributed by atoms with Crippen molar-refractivity contribution in [1.82, 2.24) is 0 Å². The standard InChI is InChI=1S/C24H33ClF2O/c1-2-3-4-5-17-6-8-18(9-7-17)19-10-12-20(13-11-19)22-15-14-21(25)16-23(22)28-24(26)27/h2,14-20,24H,1,3-13H2. The summed E-state index contributed by atoms with van der Waals surface area (Å²) >= 11 is 5.99. The second kappa shape index (κ2) is 10.6. The molecule has 2 fully saturated rings. The molecule has 4 heteroatoms. The fraction of sp³-hybridized carbons (Fsp3) is 0.667. The summed E-state index contributed by atoms with van der Waals surface area (Å²) in [6.07, 6.45) is 15.8. The maximum Gasteiger partial charge on any atom is 0.387 e. The molecule has 0 bridgehead atoms. The Kier molecular flexibility index (Phi) is 8.20. The van der Waals surface area contributed by atoms with E-state index in [1.165, 1.54) is 57.4 Å². The molecule has 156 valence electrons. The normalized spacial score (nSPS) is 28.3. The molecule has 0 aromatic heterocycles. The Hall–Kier alpha value is -1.09. The van der Waals surface area contributed by atoms with E-state index in [1.807, 2.05) is 12.1 Å². The van der Waals surface area contributed by atoms with Gasteiger partial charge in [-0.1, -0.05) is 43.0 Å². The van der Waals surface area contributed by atoms with Crippen LogP contribution in [-0.4, -0.2) is 6.61 Å². The van der Waals surface area contributed by atoms with E-state index in [2.05, 4.69) is 6.58 Å². The molecule has 2 saturated carbocycles. The van der Waals surface area contributed by atoms with Gasteiger partial charge in [0.2, 0.25) is 0 Å². The van der Waals surface area contributed by atoms with E-state index < -0.39 is 6.61 Å². The zero-order chi connectivity index (χ0) is 19.9. The van der Waals surface area contributed by atoms with Gasteiger partial charge >= 0.3 is 6.61 Å². The molecule has 0 aliphatic heterocycles. The Labute approximate surface area is 173 Å². The van der Waals surface area contributed by atoms with Gasteiger partial charge in [0.05, 0.1) is 0 Å². The lowest BCUT2D eigenvalue weighted by atomic mass is 9.68. The smallest absolute Gasteiger partial charge is 0.387 e. The molecule has 1 aromatic carbocycles. The largest absolute Gasteiger partial charge is 0.434 e. The third kappa shape index (κ3) is 5.95. The second-order valence-electron chi connectivity index (χ2n) is 8.67. The fourth-order valence-corrected chi connectivity index (χ4v) is 5.61. The van der Waals surface area contributed by atoms with Crippen LogP contribution in [0.3, 0.4) is 0 Å². The minimum Gasteiger partial charge on any atom is -0.434 e. The average Bonchev–Trinajstić information content (AvgIpc) is 2.69. The number of unbranched alkanes of at least 4 members (excludes halogenated alkanes) is 1. The van der Waals surface area contributed by atoms with Gasteiger partial charge in [-0.05, 0) is 92.7 Å². The van der Waals surface area contributed by atoms with Crippen LogP contribution in [-0.2, 0) is 0 Å². The first-order valence-electron chi connectivity index (χ1n) is 10.9. The molecule has 2 aliphatic carbocycles. The van der Waals surface area contributed by atoms with Crippen molar-refractivity contribution in [2.75, 3.05) is 0 Å². The van der Waals surface area contributed by atoms with Crippen LogP contribution in [0.15, 0.2) is 30.9 Å². The molecular weight excluding hydrogens is 378 g/mol. The van der Waals surface area contributed by atoms with Crippen molar-refractivity contribution in [2.24, 2.45) is 17.8 Å². The Morgan fingerprint density at radius 1 is 1.04 bits per heavy atom. The summed E-state index contributed by atoms with van der Waals surface area (Å²) in [7, 11) is 0. The highest BCUT2D eigenvalue weighted by molar-refractivity contribution is 6.30. The molecule has 0 amide bonds. The maximum atomic E-state index is 12.8. The van der Waals surface area contributed by atoms with Gasteiger partial charge in [0, 0.05) is 5.02 Å². The Morgan fingerprint density at radius 2 is 1.68 bits per heavy atom. The van der Waals surface area contributed by atoms with Gasteiger partial charge in [-0.25, -0.2) is 0 Å². The fourth-order valence-electron chi connectivity index (χ4n) is 5.44. The molecule has 0 atom stereocenters. The molecule has 0 saturated heterocycles. The van der Waals surface area contributed by atoms with Crippen LogP contribution in [0.25, 0.3) is 0 Å². The van der Waals surface area contributed by atoms with Crippen molar-refractivity contribution < 1.29 is 13.5 Å². The maximum absolute atomic E-state index is 12.8. The van der Waals surface area contributed by atoms with Crippen molar-refractivity contribution in [3.8, 4) is 5.75 Å².